The predicted octanol–water partition coefficient (Wildman–Crippen LogP) is 4.55. The van der Waals surface area contributed by atoms with Gasteiger partial charge in [-0.05, 0) is 42.0 Å². The molecule has 1 amide bonds. The van der Waals surface area contributed by atoms with Gasteiger partial charge in [0.15, 0.2) is 5.16 Å². The summed E-state index contributed by atoms with van der Waals surface area (Å²) in [6, 6.07) is 21.6. The maximum Gasteiger partial charge on any atom is 0.237 e. The lowest BCUT2D eigenvalue weighted by atomic mass is 10.1. The normalized spacial score (nSPS) is 11.9. The molecule has 0 aliphatic rings. The molecular weight excluding hydrogens is 384 g/mol. The first-order valence-electron chi connectivity index (χ1n) is 9.15. The first kappa shape index (κ1) is 19.0. The lowest BCUT2D eigenvalue weighted by Crippen LogP contribution is -2.22. The molecule has 0 saturated heterocycles. The smallest absolute Gasteiger partial charge is 0.237 e. The van der Waals surface area contributed by atoms with Crippen molar-refractivity contribution >= 4 is 34.1 Å². The first-order chi connectivity index (χ1) is 14.2. The Morgan fingerprint density at radius 2 is 1.83 bits per heavy atom. The van der Waals surface area contributed by atoms with Crippen LogP contribution in [-0.4, -0.2) is 33.0 Å². The summed E-state index contributed by atoms with van der Waals surface area (Å²) in [5.41, 5.74) is 1.59. The number of hydrogen-bond acceptors (Lipinski definition) is 5. The summed E-state index contributed by atoms with van der Waals surface area (Å²) in [5.74, 6) is 0.613. The second-order valence-corrected chi connectivity index (χ2v) is 7.77. The number of thioether (sulfide) groups is 1. The Balaban J connectivity index is 1.50. The molecule has 6 nitrogen and oxygen atoms in total. The van der Waals surface area contributed by atoms with Gasteiger partial charge in [0.1, 0.15) is 12.1 Å². The van der Waals surface area contributed by atoms with Crippen LogP contribution < -0.4 is 10.1 Å². The van der Waals surface area contributed by atoms with Gasteiger partial charge in [-0.15, -0.1) is 10.2 Å². The highest BCUT2D eigenvalue weighted by Gasteiger charge is 2.19. The van der Waals surface area contributed by atoms with Crippen LogP contribution in [0.5, 0.6) is 5.75 Å². The summed E-state index contributed by atoms with van der Waals surface area (Å²) in [6.45, 7) is 1.85. The Bertz CT molecular complexity index is 1160. The van der Waals surface area contributed by atoms with Crippen LogP contribution in [0.2, 0.25) is 0 Å². The van der Waals surface area contributed by atoms with Crippen molar-refractivity contribution in [2.75, 3.05) is 12.4 Å². The van der Waals surface area contributed by atoms with E-state index in [2.05, 4.69) is 15.5 Å². The van der Waals surface area contributed by atoms with Crippen LogP contribution in [0.1, 0.15) is 6.92 Å². The van der Waals surface area contributed by atoms with Crippen molar-refractivity contribution in [2.24, 2.45) is 0 Å². The fourth-order valence-electron chi connectivity index (χ4n) is 3.02. The van der Waals surface area contributed by atoms with Crippen molar-refractivity contribution in [3.8, 4) is 11.4 Å². The number of amides is 1. The van der Waals surface area contributed by atoms with E-state index in [1.807, 2.05) is 78.2 Å². The zero-order chi connectivity index (χ0) is 20.2. The zero-order valence-corrected chi connectivity index (χ0v) is 16.9. The summed E-state index contributed by atoms with van der Waals surface area (Å²) in [4.78, 5) is 12.7. The Hall–Kier alpha value is -3.32. The van der Waals surface area contributed by atoms with E-state index >= 15 is 0 Å². The van der Waals surface area contributed by atoms with Crippen LogP contribution >= 0.6 is 11.8 Å². The summed E-state index contributed by atoms with van der Waals surface area (Å²) in [5, 5.41) is 13.7. The average molecular weight is 404 g/mol. The van der Waals surface area contributed by atoms with E-state index in [0.29, 0.717) is 10.9 Å². The van der Waals surface area contributed by atoms with Gasteiger partial charge >= 0.3 is 0 Å². The van der Waals surface area contributed by atoms with Gasteiger partial charge in [-0.3, -0.25) is 9.36 Å². The molecule has 3 aromatic carbocycles. The molecule has 0 spiro atoms. The van der Waals surface area contributed by atoms with Gasteiger partial charge in [0.2, 0.25) is 5.91 Å². The van der Waals surface area contributed by atoms with Gasteiger partial charge in [-0.25, -0.2) is 0 Å². The van der Waals surface area contributed by atoms with Crippen molar-refractivity contribution in [1.29, 1.82) is 0 Å². The second kappa shape index (κ2) is 8.36. The minimum Gasteiger partial charge on any atom is -0.495 e. The number of anilines is 1. The number of ether oxygens (including phenoxy) is 1. The summed E-state index contributed by atoms with van der Waals surface area (Å²) < 4.78 is 7.25. The van der Waals surface area contributed by atoms with Crippen LogP contribution in [0.15, 0.2) is 78.2 Å². The summed E-state index contributed by atoms with van der Waals surface area (Å²) >= 11 is 1.34. The molecule has 146 valence electrons. The minimum atomic E-state index is -0.362. The molecule has 1 unspecified atom stereocenters. The van der Waals surface area contributed by atoms with Gasteiger partial charge in [0.25, 0.3) is 0 Å². The van der Waals surface area contributed by atoms with Crippen molar-refractivity contribution in [3.63, 3.8) is 0 Å². The van der Waals surface area contributed by atoms with Gasteiger partial charge in [-0.1, -0.05) is 54.2 Å². The molecule has 0 saturated carbocycles. The molecule has 29 heavy (non-hydrogen) atoms. The maximum absolute atomic E-state index is 12.7. The molecule has 1 atom stereocenters. The Morgan fingerprint density at radius 3 is 2.66 bits per heavy atom. The van der Waals surface area contributed by atoms with Gasteiger partial charge < -0.3 is 10.1 Å². The molecular formula is C22H20N4O2S. The van der Waals surface area contributed by atoms with E-state index in [9.17, 15) is 4.79 Å². The number of aromatic nitrogens is 3. The van der Waals surface area contributed by atoms with Crippen LogP contribution in [0.4, 0.5) is 5.69 Å². The van der Waals surface area contributed by atoms with Gasteiger partial charge in [0, 0.05) is 5.69 Å². The highest BCUT2D eigenvalue weighted by atomic mass is 32.2. The first-order valence-corrected chi connectivity index (χ1v) is 10.0. The number of fused-ring (bicyclic) bond motifs is 1. The number of methoxy groups -OCH3 is 1. The summed E-state index contributed by atoms with van der Waals surface area (Å²) in [7, 11) is 1.62. The van der Waals surface area contributed by atoms with Gasteiger partial charge in [-0.2, -0.15) is 0 Å². The van der Waals surface area contributed by atoms with Crippen molar-refractivity contribution < 1.29 is 9.53 Å². The maximum atomic E-state index is 12.7. The number of benzene rings is 3. The quantitative estimate of drug-likeness (QED) is 0.478. The molecule has 0 fully saturated rings. The fraction of sp³-hybridized carbons (Fsp3) is 0.136. The Labute approximate surface area is 172 Å². The highest BCUT2D eigenvalue weighted by Crippen LogP contribution is 2.29. The lowest BCUT2D eigenvalue weighted by Gasteiger charge is -2.14. The number of nitrogens with one attached hydrogen (secondary N) is 1. The van der Waals surface area contributed by atoms with E-state index in [1.165, 1.54) is 11.8 Å². The minimum absolute atomic E-state index is 0.0974. The van der Waals surface area contributed by atoms with Crippen LogP contribution in [0.25, 0.3) is 16.5 Å². The van der Waals surface area contributed by atoms with Crippen molar-refractivity contribution in [1.82, 2.24) is 14.8 Å². The van der Waals surface area contributed by atoms with Crippen LogP contribution in [0.3, 0.4) is 0 Å². The molecule has 4 aromatic rings. The molecule has 0 aliphatic heterocycles. The number of rotatable bonds is 6. The van der Waals surface area contributed by atoms with E-state index in [-0.39, 0.29) is 11.2 Å². The molecule has 1 heterocycles. The van der Waals surface area contributed by atoms with Crippen LogP contribution in [-0.2, 0) is 4.79 Å². The number of para-hydroxylation sites is 2. The topological polar surface area (TPSA) is 69.0 Å². The predicted molar refractivity (Wildman–Crippen MR) is 116 cm³/mol. The third-order valence-electron chi connectivity index (χ3n) is 4.53. The number of carbonyl (C=O) groups is 1. The third kappa shape index (κ3) is 4.09. The standard InChI is InChI=1S/C22H20N4O2S/c1-15(21(27)24-18-12-11-16-7-3-4-8-17(16)13-18)29-22-25-23-14-26(22)19-9-5-6-10-20(19)28-2/h3-15H,1-2H3,(H,24,27). The largest absolute Gasteiger partial charge is 0.495 e. The highest BCUT2D eigenvalue weighted by molar-refractivity contribution is 8.00. The lowest BCUT2D eigenvalue weighted by molar-refractivity contribution is -0.115. The third-order valence-corrected chi connectivity index (χ3v) is 5.59. The van der Waals surface area contributed by atoms with Crippen molar-refractivity contribution in [2.45, 2.75) is 17.3 Å². The molecule has 1 N–H and O–H groups in total. The molecule has 0 aliphatic carbocycles. The van der Waals surface area contributed by atoms with E-state index in [0.717, 1.165) is 22.1 Å². The zero-order valence-electron chi connectivity index (χ0n) is 16.1. The molecule has 1 aromatic heterocycles. The van der Waals surface area contributed by atoms with E-state index in [1.54, 1.807) is 13.4 Å². The number of nitrogens with zero attached hydrogens (tertiary/aromatic N) is 3. The van der Waals surface area contributed by atoms with E-state index in [4.69, 9.17) is 4.74 Å². The Kier molecular flexibility index (Phi) is 5.48. The average Bonchev–Trinajstić information content (AvgIpc) is 3.21. The molecule has 0 bridgehead atoms. The monoisotopic (exact) mass is 404 g/mol. The molecule has 7 heteroatoms. The summed E-state index contributed by atoms with van der Waals surface area (Å²) in [6.07, 6.45) is 1.62. The molecule has 4 rings (SSSR count). The van der Waals surface area contributed by atoms with E-state index < -0.39 is 0 Å². The fourth-order valence-corrected chi connectivity index (χ4v) is 3.86. The van der Waals surface area contributed by atoms with Crippen LogP contribution in [0, 0.1) is 0 Å². The second-order valence-electron chi connectivity index (χ2n) is 6.47. The van der Waals surface area contributed by atoms with Crippen molar-refractivity contribution in [3.05, 3.63) is 73.1 Å². The molecule has 0 radical (unpaired) electrons. The van der Waals surface area contributed by atoms with Gasteiger partial charge in [0.05, 0.1) is 18.0 Å². The number of carbonyl (C=O) groups excluding carboxylic acids is 1. The SMILES string of the molecule is COc1ccccc1-n1cnnc1SC(C)C(=O)Nc1ccc2ccccc2c1. The number of hydrogen-bond donors (Lipinski definition) is 1. The Morgan fingerprint density at radius 1 is 1.07 bits per heavy atom.